The Labute approximate surface area is 164 Å². The van der Waals surface area contributed by atoms with Gasteiger partial charge in [0.25, 0.3) is 0 Å². The minimum absolute atomic E-state index is 0.0353. The van der Waals surface area contributed by atoms with Gasteiger partial charge in [-0.25, -0.2) is 0 Å². The zero-order chi connectivity index (χ0) is 20.1. The van der Waals surface area contributed by atoms with Gasteiger partial charge < -0.3 is 5.11 Å². The minimum atomic E-state index is -0.765. The second-order valence-corrected chi connectivity index (χ2v) is 8.15. The Kier molecular flexibility index (Phi) is 12.0. The van der Waals surface area contributed by atoms with Crippen molar-refractivity contribution < 1.29 is 19.5 Å². The molecule has 27 heavy (non-hydrogen) atoms. The number of Topliss-reactive ketones (excluding diaryl/α,β-unsaturated/α-hetero) is 2. The fourth-order valence-corrected chi connectivity index (χ4v) is 4.16. The lowest BCUT2D eigenvalue weighted by Crippen LogP contribution is -2.17. The van der Waals surface area contributed by atoms with Crippen LogP contribution in [0.3, 0.4) is 0 Å². The molecular formula is C23H38O4. The number of aliphatic carboxylic acids is 1. The van der Waals surface area contributed by atoms with E-state index >= 15 is 0 Å². The van der Waals surface area contributed by atoms with E-state index in [1.165, 1.54) is 19.3 Å². The van der Waals surface area contributed by atoms with Crippen molar-refractivity contribution in [1.82, 2.24) is 0 Å². The van der Waals surface area contributed by atoms with Crippen LogP contribution in [0.25, 0.3) is 0 Å². The number of ketones is 2. The number of rotatable bonds is 15. The van der Waals surface area contributed by atoms with Gasteiger partial charge in [0, 0.05) is 31.6 Å². The lowest BCUT2D eigenvalue weighted by atomic mass is 9.83. The van der Waals surface area contributed by atoms with Gasteiger partial charge in [0.05, 0.1) is 0 Å². The van der Waals surface area contributed by atoms with E-state index in [4.69, 9.17) is 5.11 Å². The molecule has 154 valence electrons. The predicted octanol–water partition coefficient (Wildman–Crippen LogP) is 5.74. The maximum Gasteiger partial charge on any atom is 0.303 e. The highest BCUT2D eigenvalue weighted by Crippen LogP contribution is 2.39. The molecule has 0 amide bonds. The van der Waals surface area contributed by atoms with E-state index in [0.717, 1.165) is 32.1 Å². The van der Waals surface area contributed by atoms with Gasteiger partial charge in [-0.15, -0.1) is 0 Å². The molecule has 3 atom stereocenters. The zero-order valence-corrected chi connectivity index (χ0v) is 17.3. The molecule has 0 aromatic heterocycles. The minimum Gasteiger partial charge on any atom is -0.481 e. The summed E-state index contributed by atoms with van der Waals surface area (Å²) in [5, 5.41) is 8.64. The topological polar surface area (TPSA) is 71.4 Å². The molecule has 0 heterocycles. The van der Waals surface area contributed by atoms with Crippen LogP contribution in [0.5, 0.6) is 0 Å². The zero-order valence-electron chi connectivity index (χ0n) is 17.3. The lowest BCUT2D eigenvalue weighted by molar-refractivity contribution is -0.137. The summed E-state index contributed by atoms with van der Waals surface area (Å²) in [7, 11) is 0. The van der Waals surface area contributed by atoms with Crippen LogP contribution in [0.15, 0.2) is 12.2 Å². The molecule has 0 unspecified atom stereocenters. The summed E-state index contributed by atoms with van der Waals surface area (Å²) in [6.45, 7) is 4.32. The standard InChI is InChI=1S/C23H38O4/c1-3-4-5-6-9-12-19(24)15-16-20-18(2)17-22(25)21(20)13-10-7-8-11-14-23(26)27/h7,10,18,20-21H,3-6,8-9,11-17H2,1-2H3,(H,26,27)/t18-,20-,21-/m1/s1. The van der Waals surface area contributed by atoms with E-state index in [1.807, 2.05) is 12.2 Å². The average Bonchev–Trinajstić information content (AvgIpc) is 2.88. The van der Waals surface area contributed by atoms with Crippen LogP contribution in [0.2, 0.25) is 0 Å². The second kappa shape index (κ2) is 13.7. The summed E-state index contributed by atoms with van der Waals surface area (Å²) < 4.78 is 0. The molecule has 1 rings (SSSR count). The Morgan fingerprint density at radius 3 is 2.48 bits per heavy atom. The first-order valence-electron chi connectivity index (χ1n) is 10.9. The van der Waals surface area contributed by atoms with Crippen molar-refractivity contribution in [3.05, 3.63) is 12.2 Å². The number of allylic oxidation sites excluding steroid dienone is 2. The Balaban J connectivity index is 2.33. The third kappa shape index (κ3) is 9.88. The summed E-state index contributed by atoms with van der Waals surface area (Å²) >= 11 is 0. The largest absolute Gasteiger partial charge is 0.481 e. The van der Waals surface area contributed by atoms with Crippen LogP contribution in [-0.2, 0) is 14.4 Å². The number of carbonyl (C=O) groups excluding carboxylic acids is 2. The molecular weight excluding hydrogens is 340 g/mol. The van der Waals surface area contributed by atoms with Crippen LogP contribution < -0.4 is 0 Å². The molecule has 0 aromatic rings. The van der Waals surface area contributed by atoms with Crippen molar-refractivity contribution in [3.63, 3.8) is 0 Å². The molecule has 4 nitrogen and oxygen atoms in total. The van der Waals surface area contributed by atoms with Gasteiger partial charge in [0.2, 0.25) is 0 Å². The fourth-order valence-electron chi connectivity index (χ4n) is 4.16. The van der Waals surface area contributed by atoms with Crippen molar-refractivity contribution in [2.75, 3.05) is 0 Å². The first kappa shape index (κ1) is 23.6. The smallest absolute Gasteiger partial charge is 0.303 e. The van der Waals surface area contributed by atoms with Crippen molar-refractivity contribution >= 4 is 17.5 Å². The van der Waals surface area contributed by atoms with Gasteiger partial charge in [-0.2, -0.15) is 0 Å². The number of carbonyl (C=O) groups is 3. The summed E-state index contributed by atoms with van der Waals surface area (Å²) in [4.78, 5) is 35.0. The number of unbranched alkanes of at least 4 members (excludes halogenated alkanes) is 5. The maximum absolute atomic E-state index is 12.3. The SMILES string of the molecule is CCCCCCCC(=O)CC[C@@H]1[C@H](C)CC(=O)[C@@H]1CC=CCCCC(=O)O. The van der Waals surface area contributed by atoms with E-state index in [-0.39, 0.29) is 12.3 Å². The van der Waals surface area contributed by atoms with Gasteiger partial charge in [-0.05, 0) is 43.9 Å². The molecule has 0 saturated heterocycles. The summed E-state index contributed by atoms with van der Waals surface area (Å²) in [5.74, 6) is 0.618. The van der Waals surface area contributed by atoms with Crippen molar-refractivity contribution in [2.24, 2.45) is 17.8 Å². The Hall–Kier alpha value is -1.45. The van der Waals surface area contributed by atoms with Gasteiger partial charge in [0.15, 0.2) is 0 Å². The molecule has 1 aliphatic rings. The van der Waals surface area contributed by atoms with Crippen molar-refractivity contribution in [3.8, 4) is 0 Å². The highest BCUT2D eigenvalue weighted by atomic mass is 16.4. The van der Waals surface area contributed by atoms with Crippen molar-refractivity contribution in [2.45, 2.75) is 97.3 Å². The summed E-state index contributed by atoms with van der Waals surface area (Å²) in [5.41, 5.74) is 0. The van der Waals surface area contributed by atoms with Crippen LogP contribution in [0, 0.1) is 17.8 Å². The average molecular weight is 379 g/mol. The fraction of sp³-hybridized carbons (Fsp3) is 0.783. The third-order valence-electron chi connectivity index (χ3n) is 5.82. The molecule has 1 N–H and O–H groups in total. The normalized spacial score (nSPS) is 22.6. The van der Waals surface area contributed by atoms with E-state index < -0.39 is 5.97 Å². The molecule has 1 fully saturated rings. The summed E-state index contributed by atoms with van der Waals surface area (Å²) in [6, 6.07) is 0. The molecule has 1 saturated carbocycles. The van der Waals surface area contributed by atoms with E-state index in [9.17, 15) is 14.4 Å². The molecule has 0 aromatic carbocycles. The predicted molar refractivity (Wildman–Crippen MR) is 109 cm³/mol. The third-order valence-corrected chi connectivity index (χ3v) is 5.82. The van der Waals surface area contributed by atoms with Crippen LogP contribution in [0.4, 0.5) is 0 Å². The summed E-state index contributed by atoms with van der Waals surface area (Å²) in [6.07, 6.45) is 14.9. The molecule has 4 heteroatoms. The maximum atomic E-state index is 12.3. The number of hydrogen-bond donors (Lipinski definition) is 1. The quantitative estimate of drug-likeness (QED) is 0.291. The Morgan fingerprint density at radius 2 is 1.78 bits per heavy atom. The Morgan fingerprint density at radius 1 is 1.04 bits per heavy atom. The Bertz CT molecular complexity index is 495. The van der Waals surface area contributed by atoms with Gasteiger partial charge in [0.1, 0.15) is 11.6 Å². The molecule has 1 aliphatic carbocycles. The van der Waals surface area contributed by atoms with Gasteiger partial charge in [-0.3, -0.25) is 14.4 Å². The van der Waals surface area contributed by atoms with Crippen LogP contribution in [-0.4, -0.2) is 22.6 Å². The first-order chi connectivity index (χ1) is 13.0. The van der Waals surface area contributed by atoms with E-state index in [1.54, 1.807) is 0 Å². The number of carboxylic acid groups (broad SMARTS) is 1. The molecule has 0 bridgehead atoms. The first-order valence-corrected chi connectivity index (χ1v) is 10.9. The van der Waals surface area contributed by atoms with Gasteiger partial charge >= 0.3 is 5.97 Å². The molecule has 0 radical (unpaired) electrons. The number of carboxylic acids is 1. The highest BCUT2D eigenvalue weighted by molar-refractivity contribution is 5.84. The highest BCUT2D eigenvalue weighted by Gasteiger charge is 2.38. The van der Waals surface area contributed by atoms with Crippen LogP contribution in [0.1, 0.15) is 97.3 Å². The van der Waals surface area contributed by atoms with E-state index in [0.29, 0.717) is 49.1 Å². The number of hydrogen-bond acceptors (Lipinski definition) is 3. The molecule has 0 aliphatic heterocycles. The van der Waals surface area contributed by atoms with Gasteiger partial charge in [-0.1, -0.05) is 51.7 Å². The van der Waals surface area contributed by atoms with Crippen molar-refractivity contribution in [1.29, 1.82) is 0 Å². The monoisotopic (exact) mass is 378 g/mol. The van der Waals surface area contributed by atoms with E-state index in [2.05, 4.69) is 13.8 Å². The van der Waals surface area contributed by atoms with Crippen LogP contribution >= 0.6 is 0 Å². The lowest BCUT2D eigenvalue weighted by Gasteiger charge is -2.20. The molecule has 0 spiro atoms. The second-order valence-electron chi connectivity index (χ2n) is 8.15.